The Bertz CT molecular complexity index is 1060. The third kappa shape index (κ3) is 4.53. The molecule has 0 fully saturated rings. The molecule has 1 amide bonds. The molecule has 8 heteroatoms. The van der Waals surface area contributed by atoms with Gasteiger partial charge in [0.15, 0.2) is 0 Å². The predicted molar refractivity (Wildman–Crippen MR) is 103 cm³/mol. The second-order valence-electron chi connectivity index (χ2n) is 6.15. The van der Waals surface area contributed by atoms with Gasteiger partial charge in [-0.25, -0.2) is 8.42 Å². The lowest BCUT2D eigenvalue weighted by atomic mass is 10.1. The minimum Gasteiger partial charge on any atom is -0.348 e. The highest BCUT2D eigenvalue weighted by Gasteiger charge is 2.16. The molecule has 1 aromatic heterocycles. The standard InChI is InChI=1S/C19H20N4O3S/c1-14-8-9-16(19(24)20-11-15-12-21-23(2)13-15)10-18(14)22-27(25,26)17-6-4-3-5-7-17/h3-10,12-13,22H,11H2,1-2H3,(H,20,24). The lowest BCUT2D eigenvalue weighted by Gasteiger charge is -2.12. The summed E-state index contributed by atoms with van der Waals surface area (Å²) in [5.74, 6) is -0.293. The first-order valence-electron chi connectivity index (χ1n) is 8.29. The molecule has 0 saturated heterocycles. The lowest BCUT2D eigenvalue weighted by molar-refractivity contribution is 0.0951. The average Bonchev–Trinajstić information content (AvgIpc) is 3.07. The van der Waals surface area contributed by atoms with Crippen LogP contribution in [-0.4, -0.2) is 24.1 Å². The van der Waals surface area contributed by atoms with E-state index in [1.807, 2.05) is 6.20 Å². The van der Waals surface area contributed by atoms with Crippen molar-refractivity contribution >= 4 is 21.6 Å². The average molecular weight is 384 g/mol. The third-order valence-corrected chi connectivity index (χ3v) is 5.39. The summed E-state index contributed by atoms with van der Waals surface area (Å²) in [7, 11) is -1.92. The van der Waals surface area contributed by atoms with Crippen molar-refractivity contribution in [3.05, 3.63) is 77.6 Å². The van der Waals surface area contributed by atoms with E-state index < -0.39 is 10.0 Å². The number of amides is 1. The fraction of sp³-hybridized carbons (Fsp3) is 0.158. The lowest BCUT2D eigenvalue weighted by Crippen LogP contribution is -2.23. The van der Waals surface area contributed by atoms with Gasteiger partial charge < -0.3 is 5.32 Å². The van der Waals surface area contributed by atoms with Crippen LogP contribution in [0.25, 0.3) is 0 Å². The van der Waals surface area contributed by atoms with E-state index in [1.165, 1.54) is 18.2 Å². The largest absolute Gasteiger partial charge is 0.348 e. The molecule has 0 radical (unpaired) electrons. The van der Waals surface area contributed by atoms with Crippen molar-refractivity contribution in [1.82, 2.24) is 15.1 Å². The van der Waals surface area contributed by atoms with Crippen molar-refractivity contribution in [3.8, 4) is 0 Å². The molecule has 1 heterocycles. The molecule has 0 aliphatic rings. The van der Waals surface area contributed by atoms with Gasteiger partial charge in [-0.05, 0) is 36.8 Å². The van der Waals surface area contributed by atoms with Crippen LogP contribution in [0.15, 0.2) is 65.8 Å². The SMILES string of the molecule is Cc1ccc(C(=O)NCc2cnn(C)c2)cc1NS(=O)(=O)c1ccccc1. The number of sulfonamides is 1. The van der Waals surface area contributed by atoms with E-state index >= 15 is 0 Å². The number of hydrogen-bond acceptors (Lipinski definition) is 4. The van der Waals surface area contributed by atoms with E-state index in [2.05, 4.69) is 15.1 Å². The molecule has 0 unspecified atom stereocenters. The molecule has 0 saturated carbocycles. The van der Waals surface area contributed by atoms with Gasteiger partial charge in [0, 0.05) is 30.9 Å². The molecular formula is C19H20N4O3S. The van der Waals surface area contributed by atoms with Crippen LogP contribution in [0.4, 0.5) is 5.69 Å². The second-order valence-corrected chi connectivity index (χ2v) is 7.84. The number of aromatic nitrogens is 2. The summed E-state index contributed by atoms with van der Waals surface area (Å²) >= 11 is 0. The summed E-state index contributed by atoms with van der Waals surface area (Å²) in [4.78, 5) is 12.6. The van der Waals surface area contributed by atoms with E-state index in [9.17, 15) is 13.2 Å². The molecule has 3 aromatic rings. The summed E-state index contributed by atoms with van der Waals surface area (Å²) < 4.78 is 29.3. The molecular weight excluding hydrogens is 364 g/mol. The highest BCUT2D eigenvalue weighted by atomic mass is 32.2. The van der Waals surface area contributed by atoms with Crippen LogP contribution in [0.1, 0.15) is 21.5 Å². The van der Waals surface area contributed by atoms with Gasteiger partial charge in [0.05, 0.1) is 16.8 Å². The van der Waals surface area contributed by atoms with Crippen molar-refractivity contribution in [3.63, 3.8) is 0 Å². The number of aryl methyl sites for hydroxylation is 2. The molecule has 0 bridgehead atoms. The minimum absolute atomic E-state index is 0.163. The monoisotopic (exact) mass is 384 g/mol. The molecule has 3 rings (SSSR count). The highest BCUT2D eigenvalue weighted by molar-refractivity contribution is 7.92. The maximum absolute atomic E-state index is 12.5. The summed E-state index contributed by atoms with van der Waals surface area (Å²) in [6, 6.07) is 13.0. The summed E-state index contributed by atoms with van der Waals surface area (Å²) in [6.07, 6.45) is 3.49. The van der Waals surface area contributed by atoms with Crippen molar-refractivity contribution in [2.45, 2.75) is 18.4 Å². The van der Waals surface area contributed by atoms with Crippen LogP contribution in [0.2, 0.25) is 0 Å². The minimum atomic E-state index is -3.72. The van der Waals surface area contributed by atoms with Gasteiger partial charge in [0.25, 0.3) is 15.9 Å². The van der Waals surface area contributed by atoms with Crippen LogP contribution in [0.5, 0.6) is 0 Å². The van der Waals surface area contributed by atoms with E-state index in [0.29, 0.717) is 17.8 Å². The van der Waals surface area contributed by atoms with Crippen LogP contribution in [0.3, 0.4) is 0 Å². The van der Waals surface area contributed by atoms with Crippen molar-refractivity contribution in [2.75, 3.05) is 4.72 Å². The highest BCUT2D eigenvalue weighted by Crippen LogP contribution is 2.21. The van der Waals surface area contributed by atoms with E-state index in [1.54, 1.807) is 55.2 Å². The normalized spacial score (nSPS) is 11.2. The van der Waals surface area contributed by atoms with Gasteiger partial charge in [0.2, 0.25) is 0 Å². The van der Waals surface area contributed by atoms with Gasteiger partial charge in [-0.1, -0.05) is 24.3 Å². The molecule has 0 atom stereocenters. The molecule has 0 aliphatic heterocycles. The quantitative estimate of drug-likeness (QED) is 0.683. The fourth-order valence-corrected chi connectivity index (χ4v) is 3.67. The smallest absolute Gasteiger partial charge is 0.261 e. The number of carbonyl (C=O) groups excluding carboxylic acids is 1. The van der Waals surface area contributed by atoms with Crippen LogP contribution < -0.4 is 10.0 Å². The number of benzene rings is 2. The Hall–Kier alpha value is -3.13. The fourth-order valence-electron chi connectivity index (χ4n) is 2.52. The molecule has 2 aromatic carbocycles. The number of hydrogen-bond donors (Lipinski definition) is 2. The molecule has 27 heavy (non-hydrogen) atoms. The van der Waals surface area contributed by atoms with Crippen molar-refractivity contribution in [2.24, 2.45) is 7.05 Å². The zero-order valence-corrected chi connectivity index (χ0v) is 15.8. The molecule has 7 nitrogen and oxygen atoms in total. The Morgan fingerprint density at radius 1 is 1.15 bits per heavy atom. The zero-order valence-electron chi connectivity index (χ0n) is 15.0. The van der Waals surface area contributed by atoms with Gasteiger partial charge in [-0.3, -0.25) is 14.2 Å². The summed E-state index contributed by atoms with van der Waals surface area (Å²) in [6.45, 7) is 2.12. The second kappa shape index (κ2) is 7.63. The molecule has 2 N–H and O–H groups in total. The molecule has 140 valence electrons. The number of rotatable bonds is 6. The van der Waals surface area contributed by atoms with E-state index in [0.717, 1.165) is 11.1 Å². The van der Waals surface area contributed by atoms with Crippen LogP contribution >= 0.6 is 0 Å². The number of anilines is 1. The van der Waals surface area contributed by atoms with Gasteiger partial charge in [-0.2, -0.15) is 5.10 Å². The first kappa shape index (κ1) is 18.7. The summed E-state index contributed by atoms with van der Waals surface area (Å²) in [5, 5.41) is 6.85. The van der Waals surface area contributed by atoms with Gasteiger partial charge in [-0.15, -0.1) is 0 Å². The number of nitrogens with zero attached hydrogens (tertiary/aromatic N) is 2. The molecule has 0 spiro atoms. The van der Waals surface area contributed by atoms with Gasteiger partial charge >= 0.3 is 0 Å². The number of carbonyl (C=O) groups is 1. The Balaban J connectivity index is 1.76. The summed E-state index contributed by atoms with van der Waals surface area (Å²) in [5.41, 5.74) is 2.34. The van der Waals surface area contributed by atoms with Crippen LogP contribution in [0, 0.1) is 6.92 Å². The maximum Gasteiger partial charge on any atom is 0.261 e. The first-order chi connectivity index (χ1) is 12.8. The number of nitrogens with one attached hydrogen (secondary N) is 2. The van der Waals surface area contributed by atoms with Crippen LogP contribution in [-0.2, 0) is 23.6 Å². The van der Waals surface area contributed by atoms with E-state index in [-0.39, 0.29) is 10.8 Å². The van der Waals surface area contributed by atoms with Crippen molar-refractivity contribution < 1.29 is 13.2 Å². The maximum atomic E-state index is 12.5. The topological polar surface area (TPSA) is 93.1 Å². The Labute approximate surface area is 158 Å². The zero-order chi connectivity index (χ0) is 19.4. The Morgan fingerprint density at radius 3 is 2.56 bits per heavy atom. The predicted octanol–water partition coefficient (Wildman–Crippen LogP) is 2.46. The van der Waals surface area contributed by atoms with E-state index in [4.69, 9.17) is 0 Å². The Morgan fingerprint density at radius 2 is 1.89 bits per heavy atom. The first-order valence-corrected chi connectivity index (χ1v) is 9.78. The Kier molecular flexibility index (Phi) is 5.27. The van der Waals surface area contributed by atoms with Gasteiger partial charge in [0.1, 0.15) is 0 Å². The molecule has 0 aliphatic carbocycles. The third-order valence-electron chi connectivity index (χ3n) is 4.01. The van der Waals surface area contributed by atoms with Crippen molar-refractivity contribution in [1.29, 1.82) is 0 Å².